The maximum Gasteiger partial charge on any atom is 0.143 e. The van der Waals surface area contributed by atoms with Crippen LogP contribution in [0.15, 0.2) is 18.2 Å². The van der Waals surface area contributed by atoms with Crippen LogP contribution in [0.2, 0.25) is 0 Å². The predicted molar refractivity (Wildman–Crippen MR) is 72.8 cm³/mol. The van der Waals surface area contributed by atoms with Crippen molar-refractivity contribution in [2.45, 2.75) is 27.7 Å². The van der Waals surface area contributed by atoms with Crippen LogP contribution in [-0.4, -0.2) is 6.54 Å². The molecule has 0 aromatic heterocycles. The van der Waals surface area contributed by atoms with Crippen molar-refractivity contribution in [3.63, 3.8) is 0 Å². The molecule has 1 aromatic rings. The molecule has 0 bridgehead atoms. The van der Waals surface area contributed by atoms with Crippen molar-refractivity contribution in [2.24, 2.45) is 17.8 Å². The van der Waals surface area contributed by atoms with Gasteiger partial charge in [0.2, 0.25) is 0 Å². The second-order valence-corrected chi connectivity index (χ2v) is 5.34. The number of nitrogens with one attached hydrogen (secondary N) is 1. The highest BCUT2D eigenvalue weighted by Gasteiger charge is 2.17. The predicted octanol–water partition coefficient (Wildman–Crippen LogP) is 4.04. The lowest BCUT2D eigenvalue weighted by molar-refractivity contribution is 0.304. The van der Waals surface area contributed by atoms with Crippen LogP contribution in [0.5, 0.6) is 0 Å². The third-order valence-corrected chi connectivity index (χ3v) is 3.34. The lowest BCUT2D eigenvalue weighted by Gasteiger charge is -2.25. The fourth-order valence-electron chi connectivity index (χ4n) is 2.19. The summed E-state index contributed by atoms with van der Waals surface area (Å²) in [6, 6.07) is 6.47. The Morgan fingerprint density at radius 3 is 2.28 bits per heavy atom. The molecule has 0 unspecified atom stereocenters. The summed E-state index contributed by atoms with van der Waals surface area (Å²) in [5.74, 6) is 1.25. The summed E-state index contributed by atoms with van der Waals surface area (Å²) in [6.07, 6.45) is 0. The molecule has 18 heavy (non-hydrogen) atoms. The number of anilines is 1. The van der Waals surface area contributed by atoms with Gasteiger partial charge in [-0.25, -0.2) is 4.39 Å². The van der Waals surface area contributed by atoms with Gasteiger partial charge in [-0.05, 0) is 36.0 Å². The molecule has 0 aliphatic heterocycles. The summed E-state index contributed by atoms with van der Waals surface area (Å²) >= 11 is 0. The topological polar surface area (TPSA) is 35.8 Å². The maximum atomic E-state index is 13.4. The van der Waals surface area contributed by atoms with E-state index in [-0.39, 0.29) is 5.56 Å². The summed E-state index contributed by atoms with van der Waals surface area (Å²) < 4.78 is 13.4. The van der Waals surface area contributed by atoms with Crippen LogP contribution < -0.4 is 5.32 Å². The molecular formula is C15H21FN2. The van der Waals surface area contributed by atoms with Gasteiger partial charge in [0.15, 0.2) is 0 Å². The quantitative estimate of drug-likeness (QED) is 0.853. The van der Waals surface area contributed by atoms with E-state index in [1.54, 1.807) is 6.07 Å². The standard InChI is InChI=1S/C15H21FN2/c1-10(2)14(11(3)4)9-18-13-6-5-12(8-17)15(16)7-13/h5-7,10-11,14,18H,9H2,1-4H3. The van der Waals surface area contributed by atoms with Crippen LogP contribution in [0.25, 0.3) is 0 Å². The normalized spacial score (nSPS) is 11.1. The molecular weight excluding hydrogens is 227 g/mol. The van der Waals surface area contributed by atoms with Gasteiger partial charge in [-0.15, -0.1) is 0 Å². The van der Waals surface area contributed by atoms with Crippen molar-refractivity contribution < 1.29 is 4.39 Å². The summed E-state index contributed by atoms with van der Waals surface area (Å²) in [5.41, 5.74) is 0.822. The molecule has 3 heteroatoms. The third-order valence-electron chi connectivity index (χ3n) is 3.34. The van der Waals surface area contributed by atoms with Gasteiger partial charge in [-0.1, -0.05) is 27.7 Å². The Morgan fingerprint density at radius 1 is 1.22 bits per heavy atom. The molecule has 1 aromatic carbocycles. The Bertz CT molecular complexity index is 425. The van der Waals surface area contributed by atoms with Gasteiger partial charge in [0.05, 0.1) is 5.56 Å². The fraction of sp³-hybridized carbons (Fsp3) is 0.533. The van der Waals surface area contributed by atoms with Crippen LogP contribution in [0.3, 0.4) is 0 Å². The van der Waals surface area contributed by atoms with Crippen molar-refractivity contribution in [2.75, 3.05) is 11.9 Å². The summed E-state index contributed by atoms with van der Waals surface area (Å²) in [4.78, 5) is 0. The maximum absolute atomic E-state index is 13.4. The minimum atomic E-state index is -0.465. The van der Waals surface area contributed by atoms with Gasteiger partial charge in [-0.2, -0.15) is 5.26 Å². The van der Waals surface area contributed by atoms with E-state index in [2.05, 4.69) is 33.0 Å². The first-order valence-electron chi connectivity index (χ1n) is 6.39. The molecule has 0 saturated carbocycles. The molecule has 0 heterocycles. The highest BCUT2D eigenvalue weighted by atomic mass is 19.1. The number of benzene rings is 1. The lowest BCUT2D eigenvalue weighted by atomic mass is 9.85. The number of rotatable bonds is 5. The van der Waals surface area contributed by atoms with Gasteiger partial charge in [0.1, 0.15) is 11.9 Å². The Balaban J connectivity index is 2.69. The minimum absolute atomic E-state index is 0.0878. The lowest BCUT2D eigenvalue weighted by Crippen LogP contribution is -2.24. The van der Waals surface area contributed by atoms with Crippen LogP contribution >= 0.6 is 0 Å². The van der Waals surface area contributed by atoms with Crippen molar-refractivity contribution in [1.82, 2.24) is 0 Å². The zero-order valence-corrected chi connectivity index (χ0v) is 11.5. The molecule has 0 spiro atoms. The van der Waals surface area contributed by atoms with E-state index >= 15 is 0 Å². The van der Waals surface area contributed by atoms with Crippen LogP contribution in [-0.2, 0) is 0 Å². The van der Waals surface area contributed by atoms with Crippen molar-refractivity contribution in [3.8, 4) is 6.07 Å². The van der Waals surface area contributed by atoms with E-state index in [1.807, 2.05) is 6.07 Å². The smallest absolute Gasteiger partial charge is 0.143 e. The van der Waals surface area contributed by atoms with Crippen LogP contribution in [0.4, 0.5) is 10.1 Å². The zero-order chi connectivity index (χ0) is 13.7. The molecule has 1 rings (SSSR count). The first-order valence-corrected chi connectivity index (χ1v) is 6.39. The molecule has 0 aliphatic carbocycles. The van der Waals surface area contributed by atoms with Crippen LogP contribution in [0.1, 0.15) is 33.3 Å². The van der Waals surface area contributed by atoms with Crippen LogP contribution in [0, 0.1) is 34.9 Å². The van der Waals surface area contributed by atoms with Gasteiger partial charge < -0.3 is 5.32 Å². The molecule has 1 N–H and O–H groups in total. The molecule has 0 aliphatic rings. The molecule has 0 fully saturated rings. The fourth-order valence-corrected chi connectivity index (χ4v) is 2.19. The van der Waals surface area contributed by atoms with Gasteiger partial charge in [0, 0.05) is 12.2 Å². The van der Waals surface area contributed by atoms with Crippen molar-refractivity contribution >= 4 is 5.69 Å². The minimum Gasteiger partial charge on any atom is -0.385 e. The van der Waals surface area contributed by atoms with Gasteiger partial charge in [-0.3, -0.25) is 0 Å². The van der Waals surface area contributed by atoms with E-state index in [0.717, 1.165) is 12.2 Å². The SMILES string of the molecule is CC(C)C(CNc1ccc(C#N)c(F)c1)C(C)C. The first kappa shape index (κ1) is 14.5. The van der Waals surface area contributed by atoms with Gasteiger partial charge >= 0.3 is 0 Å². The molecule has 0 radical (unpaired) electrons. The molecule has 2 nitrogen and oxygen atoms in total. The number of halogens is 1. The molecule has 0 amide bonds. The molecule has 0 saturated heterocycles. The van der Waals surface area contributed by atoms with Gasteiger partial charge in [0.25, 0.3) is 0 Å². The second kappa shape index (κ2) is 6.39. The molecule has 0 atom stereocenters. The Labute approximate surface area is 109 Å². The summed E-state index contributed by atoms with van der Waals surface area (Å²) in [6.45, 7) is 9.62. The monoisotopic (exact) mass is 248 g/mol. The van der Waals surface area contributed by atoms with E-state index in [9.17, 15) is 4.39 Å². The number of nitriles is 1. The summed E-state index contributed by atoms with van der Waals surface area (Å²) in [7, 11) is 0. The Morgan fingerprint density at radius 2 is 1.83 bits per heavy atom. The number of hydrogen-bond donors (Lipinski definition) is 1. The highest BCUT2D eigenvalue weighted by Crippen LogP contribution is 2.22. The van der Waals surface area contributed by atoms with Crippen molar-refractivity contribution in [1.29, 1.82) is 5.26 Å². The van der Waals surface area contributed by atoms with E-state index in [0.29, 0.717) is 17.8 Å². The average molecular weight is 248 g/mol. The molecule has 98 valence electrons. The second-order valence-electron chi connectivity index (χ2n) is 5.34. The Hall–Kier alpha value is -1.56. The van der Waals surface area contributed by atoms with E-state index in [4.69, 9.17) is 5.26 Å². The number of nitrogens with zero attached hydrogens (tertiary/aromatic N) is 1. The first-order chi connectivity index (χ1) is 8.45. The highest BCUT2D eigenvalue weighted by molar-refractivity contribution is 5.48. The number of hydrogen-bond acceptors (Lipinski definition) is 2. The third kappa shape index (κ3) is 3.73. The Kier molecular flexibility index (Phi) is 5.15. The summed E-state index contributed by atoms with van der Waals surface area (Å²) in [5, 5.41) is 11.9. The largest absolute Gasteiger partial charge is 0.385 e. The average Bonchev–Trinajstić information content (AvgIpc) is 2.28. The van der Waals surface area contributed by atoms with Crippen molar-refractivity contribution in [3.05, 3.63) is 29.6 Å². The zero-order valence-electron chi connectivity index (χ0n) is 11.5. The van der Waals surface area contributed by atoms with E-state index in [1.165, 1.54) is 12.1 Å². The van der Waals surface area contributed by atoms with E-state index < -0.39 is 5.82 Å².